The van der Waals surface area contributed by atoms with Gasteiger partial charge in [0.05, 0.1) is 0 Å². The molecule has 0 N–H and O–H groups in total. The molecule has 0 aromatic carbocycles. The molecular formula is C8Cl6N4Zn. The third-order valence-corrected chi connectivity index (χ3v) is 2.23. The summed E-state index contributed by atoms with van der Waals surface area (Å²) in [6.45, 7) is 0. The summed E-state index contributed by atoms with van der Waals surface area (Å²) in [6, 6.07) is 4.87. The van der Waals surface area contributed by atoms with Gasteiger partial charge in [0.1, 0.15) is 0 Å². The van der Waals surface area contributed by atoms with E-state index in [-0.39, 0.29) is 50.7 Å². The second-order valence-corrected chi connectivity index (χ2v) is 4.51. The molecule has 0 unspecified atom stereocenters. The minimum Gasteiger partial charge on any atom is -0.393 e. The second-order valence-electron chi connectivity index (χ2n) is 2.40. The number of rotatable bonds is 0. The molecule has 0 aliphatic rings. The van der Waals surface area contributed by atoms with E-state index < -0.39 is 0 Å². The molecule has 2 aromatic rings. The molecule has 0 atom stereocenters. The van der Waals surface area contributed by atoms with Crippen LogP contribution < -0.4 is 0 Å². The van der Waals surface area contributed by atoms with Crippen molar-refractivity contribution in [2.24, 2.45) is 0 Å². The number of aromatic nitrogens is 4. The first-order valence-corrected chi connectivity index (χ1v) is 6.19. The van der Waals surface area contributed by atoms with Crippen molar-refractivity contribution < 1.29 is 19.5 Å². The normalized spacial score (nSPS) is 9.16. The van der Waals surface area contributed by atoms with Crippen molar-refractivity contribution in [2.45, 2.75) is 0 Å². The largest absolute Gasteiger partial charge is 2.00 e. The Bertz CT molecular complexity index is 404. The van der Waals surface area contributed by atoms with Gasteiger partial charge in [-0.2, -0.15) is 0 Å². The van der Waals surface area contributed by atoms with Crippen molar-refractivity contribution in [2.75, 3.05) is 0 Å². The fourth-order valence-corrected chi connectivity index (χ4v) is 1.94. The van der Waals surface area contributed by atoms with Crippen molar-refractivity contribution in [3.05, 3.63) is 43.3 Å². The Labute approximate surface area is 151 Å². The van der Waals surface area contributed by atoms with Gasteiger partial charge in [0.25, 0.3) is 0 Å². The van der Waals surface area contributed by atoms with E-state index in [4.69, 9.17) is 69.6 Å². The standard InChI is InChI=1S/2C4Cl3N2.Zn/c2*5-2-1-3(6)9-4(7)8-2;/q2*-1;+2. The summed E-state index contributed by atoms with van der Waals surface area (Å²) < 4.78 is 0. The Kier molecular flexibility index (Phi) is 9.72. The smallest absolute Gasteiger partial charge is 0.393 e. The molecule has 4 nitrogen and oxygen atoms in total. The summed E-state index contributed by atoms with van der Waals surface area (Å²) in [5, 5.41) is 0.563. The van der Waals surface area contributed by atoms with Crippen LogP contribution >= 0.6 is 69.6 Å². The van der Waals surface area contributed by atoms with E-state index in [0.29, 0.717) is 0 Å². The molecule has 0 radical (unpaired) electrons. The monoisotopic (exact) mass is 426 g/mol. The second kappa shape index (κ2) is 9.46. The van der Waals surface area contributed by atoms with Crippen LogP contribution in [0.4, 0.5) is 0 Å². The first-order valence-electron chi connectivity index (χ1n) is 3.92. The quantitative estimate of drug-likeness (QED) is 0.268. The SMILES string of the molecule is Clc1[c-]c(Cl)nc(Cl)n1.Clc1[c-]c(Cl)nc(Cl)n1.[Zn+2]. The third kappa shape index (κ3) is 8.41. The van der Waals surface area contributed by atoms with Crippen LogP contribution in [0.25, 0.3) is 0 Å². The maximum Gasteiger partial charge on any atom is 2.00 e. The van der Waals surface area contributed by atoms with Crippen LogP contribution in [-0.2, 0) is 19.5 Å². The molecule has 0 amide bonds. The summed E-state index contributed by atoms with van der Waals surface area (Å²) in [4.78, 5) is 14.1. The van der Waals surface area contributed by atoms with Crippen molar-refractivity contribution >= 4 is 69.6 Å². The van der Waals surface area contributed by atoms with Gasteiger partial charge in [-0.05, 0) is 43.8 Å². The molecule has 11 heteroatoms. The van der Waals surface area contributed by atoms with Crippen molar-refractivity contribution in [3.8, 4) is 0 Å². The van der Waals surface area contributed by atoms with Crippen molar-refractivity contribution in [3.63, 3.8) is 0 Å². The van der Waals surface area contributed by atoms with E-state index in [1.807, 2.05) is 0 Å². The maximum absolute atomic E-state index is 5.37. The van der Waals surface area contributed by atoms with E-state index in [9.17, 15) is 0 Å². The summed E-state index contributed by atoms with van der Waals surface area (Å²) in [6.07, 6.45) is 0. The van der Waals surface area contributed by atoms with Crippen LogP contribution in [-0.4, -0.2) is 19.9 Å². The van der Waals surface area contributed by atoms with Crippen LogP contribution in [0, 0.1) is 12.1 Å². The molecule has 0 saturated heterocycles. The molecule has 0 aliphatic heterocycles. The molecule has 0 bridgehead atoms. The first kappa shape index (κ1) is 19.5. The zero-order chi connectivity index (χ0) is 13.7. The average Bonchev–Trinajstić information content (AvgIpc) is 2.12. The summed E-state index contributed by atoms with van der Waals surface area (Å²) in [7, 11) is 0. The Morgan fingerprint density at radius 3 is 0.895 bits per heavy atom. The third-order valence-electron chi connectivity index (χ3n) is 1.17. The van der Waals surface area contributed by atoms with Gasteiger partial charge in [0.2, 0.25) is 10.6 Å². The van der Waals surface area contributed by atoms with Crippen molar-refractivity contribution in [1.82, 2.24) is 19.9 Å². The Balaban J connectivity index is 0.000000324. The van der Waals surface area contributed by atoms with Gasteiger partial charge in [0, 0.05) is 0 Å². The molecule has 19 heavy (non-hydrogen) atoms. The van der Waals surface area contributed by atoms with Gasteiger partial charge < -0.3 is 12.1 Å². The molecule has 0 fully saturated rings. The van der Waals surface area contributed by atoms with E-state index in [1.54, 1.807) is 0 Å². The van der Waals surface area contributed by atoms with Crippen LogP contribution in [0.15, 0.2) is 0 Å². The fourth-order valence-electron chi connectivity index (χ4n) is 0.656. The topological polar surface area (TPSA) is 51.6 Å². The number of hydrogen-bond donors (Lipinski definition) is 0. The molecular weight excluding hydrogens is 430 g/mol. The molecule has 96 valence electrons. The van der Waals surface area contributed by atoms with Crippen LogP contribution in [0.1, 0.15) is 0 Å². The number of nitrogens with zero attached hydrogens (tertiary/aromatic N) is 4. The molecule has 2 heterocycles. The van der Waals surface area contributed by atoms with E-state index in [2.05, 4.69) is 32.1 Å². The zero-order valence-electron chi connectivity index (χ0n) is 8.76. The minimum absolute atomic E-state index is 0. The van der Waals surface area contributed by atoms with Crippen molar-refractivity contribution in [1.29, 1.82) is 0 Å². The molecule has 2 aromatic heterocycles. The summed E-state index contributed by atoms with van der Waals surface area (Å²) in [5.74, 6) is 0. The van der Waals surface area contributed by atoms with Gasteiger partial charge in [-0.1, -0.05) is 0 Å². The van der Waals surface area contributed by atoms with Crippen LogP contribution in [0.3, 0.4) is 0 Å². The Morgan fingerprint density at radius 2 is 0.737 bits per heavy atom. The van der Waals surface area contributed by atoms with Crippen LogP contribution in [0.2, 0.25) is 31.2 Å². The Morgan fingerprint density at radius 1 is 0.526 bits per heavy atom. The van der Waals surface area contributed by atoms with Gasteiger partial charge in [-0.25, -0.2) is 19.9 Å². The van der Waals surface area contributed by atoms with Gasteiger partial charge in [-0.3, -0.25) is 0 Å². The van der Waals surface area contributed by atoms with Crippen LogP contribution in [0.5, 0.6) is 0 Å². The number of hydrogen-bond acceptors (Lipinski definition) is 4. The van der Waals surface area contributed by atoms with Gasteiger partial charge in [0.15, 0.2) is 0 Å². The van der Waals surface area contributed by atoms with Gasteiger partial charge >= 0.3 is 19.5 Å². The average molecular weight is 430 g/mol. The first-order chi connectivity index (χ1) is 8.36. The molecule has 0 spiro atoms. The summed E-state index contributed by atoms with van der Waals surface area (Å²) >= 11 is 32.2. The Hall–Kier alpha value is 0.523. The predicted octanol–water partition coefficient (Wildman–Crippen LogP) is 4.47. The maximum atomic E-state index is 5.37. The zero-order valence-corrected chi connectivity index (χ0v) is 16.3. The van der Waals surface area contributed by atoms with E-state index in [1.165, 1.54) is 0 Å². The summed E-state index contributed by atoms with van der Waals surface area (Å²) in [5.41, 5.74) is 0. The van der Waals surface area contributed by atoms with E-state index in [0.717, 1.165) is 0 Å². The predicted molar refractivity (Wildman–Crippen MR) is 71.8 cm³/mol. The minimum atomic E-state index is 0. The van der Waals surface area contributed by atoms with E-state index >= 15 is 0 Å². The molecule has 0 aliphatic carbocycles. The van der Waals surface area contributed by atoms with Gasteiger partial charge in [-0.15, -0.1) is 46.4 Å². The molecule has 0 saturated carbocycles. The molecule has 2 rings (SSSR count). The number of halogens is 6. The fraction of sp³-hybridized carbons (Fsp3) is 0.